The van der Waals surface area contributed by atoms with Crippen LogP contribution in [0.15, 0.2) is 23.8 Å². The molecule has 9 nitrogen and oxygen atoms in total. The van der Waals surface area contributed by atoms with Gasteiger partial charge in [0, 0.05) is 47.1 Å². The molecule has 1 aliphatic heterocycles. The molecule has 0 unspecified atom stereocenters. The number of hydrogen-bond acceptors (Lipinski definition) is 6. The Balaban J connectivity index is 1.23. The van der Waals surface area contributed by atoms with Crippen molar-refractivity contribution in [3.8, 4) is 18.0 Å². The average Bonchev–Trinajstić information content (AvgIpc) is 3.77. The highest BCUT2D eigenvalue weighted by atomic mass is 32.1. The Kier molecular flexibility index (Phi) is 9.71. The maximum absolute atomic E-state index is 13.8. The average molecular weight is 645 g/mol. The maximum Gasteiger partial charge on any atom is 0.471 e. The lowest BCUT2D eigenvalue weighted by Gasteiger charge is -2.34. The van der Waals surface area contributed by atoms with Gasteiger partial charge in [-0.25, -0.2) is 0 Å². The second-order valence-corrected chi connectivity index (χ2v) is 13.5. The molecular formula is C32H37F3N5O4S+. The molecule has 2 N–H and O–H groups in total. The number of ether oxygens (including phenoxy) is 1. The lowest BCUT2D eigenvalue weighted by molar-refractivity contribution is -0.176. The van der Waals surface area contributed by atoms with Crippen molar-refractivity contribution in [2.24, 2.45) is 23.2 Å². The largest absolute Gasteiger partial charge is 0.471 e. The molecule has 0 spiro atoms. The molecule has 2 aromatic rings. The number of rotatable bonds is 11. The fraction of sp³-hybridized carbons (Fsp3) is 0.594. The van der Waals surface area contributed by atoms with Crippen molar-refractivity contribution in [3.05, 3.63) is 34.2 Å². The van der Waals surface area contributed by atoms with E-state index in [0.717, 1.165) is 34.4 Å². The fourth-order valence-corrected chi connectivity index (χ4v) is 7.14. The SMILES string of the molecule is C[C@@H](OCCCCC1CC1)[C@H](NC(=O)C(F)(F)F)C(=O)N1C[C@H]2[C@@H]([C@H]1C(=O)NCC#[N+]C#Cc1csc3cnccc13)C2(C)C. The van der Waals surface area contributed by atoms with E-state index in [1.807, 2.05) is 30.6 Å². The summed E-state index contributed by atoms with van der Waals surface area (Å²) >= 11 is 1.52. The molecular weight excluding hydrogens is 607 g/mol. The molecule has 13 heteroatoms. The number of alkyl halides is 3. The first-order valence-corrected chi connectivity index (χ1v) is 16.1. The van der Waals surface area contributed by atoms with Crippen LogP contribution in [0.1, 0.15) is 58.4 Å². The van der Waals surface area contributed by atoms with E-state index in [-0.39, 0.29) is 36.9 Å². The summed E-state index contributed by atoms with van der Waals surface area (Å²) in [6.45, 7) is 5.82. The molecule has 5 atom stereocenters. The normalized spacial score (nSPS) is 22.7. The monoisotopic (exact) mass is 644 g/mol. The van der Waals surface area contributed by atoms with Gasteiger partial charge in [0.05, 0.1) is 16.4 Å². The van der Waals surface area contributed by atoms with Crippen molar-refractivity contribution in [3.63, 3.8) is 0 Å². The Bertz CT molecular complexity index is 1570. The van der Waals surface area contributed by atoms with Crippen LogP contribution in [0.2, 0.25) is 0 Å². The van der Waals surface area contributed by atoms with Gasteiger partial charge < -0.3 is 20.3 Å². The summed E-state index contributed by atoms with van der Waals surface area (Å²) in [6, 6.07) is 4.67. The second-order valence-electron chi connectivity index (χ2n) is 12.6. The van der Waals surface area contributed by atoms with Crippen LogP contribution >= 0.6 is 11.3 Å². The number of halogens is 3. The van der Waals surface area contributed by atoms with Crippen molar-refractivity contribution >= 4 is 39.1 Å². The van der Waals surface area contributed by atoms with E-state index in [1.54, 1.807) is 12.4 Å². The van der Waals surface area contributed by atoms with Crippen molar-refractivity contribution in [2.75, 3.05) is 19.7 Å². The molecule has 3 fully saturated rings. The summed E-state index contributed by atoms with van der Waals surface area (Å²) in [7, 11) is 0. The van der Waals surface area contributed by atoms with Crippen LogP contribution in [0.4, 0.5) is 13.2 Å². The summed E-state index contributed by atoms with van der Waals surface area (Å²) in [6.07, 6.45) is 2.39. The number of nitrogens with zero attached hydrogens (tertiary/aromatic N) is 3. The third-order valence-corrected chi connectivity index (χ3v) is 10.1. The zero-order chi connectivity index (χ0) is 32.4. The molecule has 0 bridgehead atoms. The molecule has 3 amide bonds. The van der Waals surface area contributed by atoms with Gasteiger partial charge in [-0.3, -0.25) is 19.4 Å². The Morgan fingerprint density at radius 1 is 1.27 bits per heavy atom. The molecule has 0 radical (unpaired) electrons. The van der Waals surface area contributed by atoms with Crippen molar-refractivity contribution in [1.29, 1.82) is 0 Å². The van der Waals surface area contributed by atoms with Crippen LogP contribution in [-0.4, -0.2) is 71.7 Å². The van der Waals surface area contributed by atoms with Crippen LogP contribution in [-0.2, 0) is 19.1 Å². The van der Waals surface area contributed by atoms with Gasteiger partial charge in [-0.05, 0) is 42.6 Å². The van der Waals surface area contributed by atoms with Crippen molar-refractivity contribution in [2.45, 2.75) is 77.2 Å². The highest BCUT2D eigenvalue weighted by molar-refractivity contribution is 7.17. The highest BCUT2D eigenvalue weighted by Gasteiger charge is 2.69. The molecule has 2 aliphatic carbocycles. The van der Waals surface area contributed by atoms with E-state index in [0.29, 0.717) is 6.42 Å². The predicted octanol–water partition coefficient (Wildman–Crippen LogP) is 4.57. The zero-order valence-electron chi connectivity index (χ0n) is 25.4. The highest BCUT2D eigenvalue weighted by Crippen LogP contribution is 2.64. The predicted molar refractivity (Wildman–Crippen MR) is 163 cm³/mol. The molecule has 240 valence electrons. The quantitative estimate of drug-likeness (QED) is 0.212. The van der Waals surface area contributed by atoms with Crippen LogP contribution in [0.25, 0.3) is 14.9 Å². The topological polar surface area (TPSA) is 105 Å². The minimum Gasteiger partial charge on any atom is -0.376 e. The minimum absolute atomic E-state index is 0.00559. The summed E-state index contributed by atoms with van der Waals surface area (Å²) in [5, 5.41) is 7.43. The van der Waals surface area contributed by atoms with Crippen LogP contribution in [0.5, 0.6) is 0 Å². The number of hydrogen-bond donors (Lipinski definition) is 2. The van der Waals surface area contributed by atoms with Crippen LogP contribution < -0.4 is 10.6 Å². The molecule has 1 saturated heterocycles. The summed E-state index contributed by atoms with van der Waals surface area (Å²) in [5.74, 6) is 0.0351. The first kappa shape index (κ1) is 32.7. The van der Waals surface area contributed by atoms with Gasteiger partial charge in [-0.15, -0.1) is 11.3 Å². The molecule has 5 rings (SSSR count). The van der Waals surface area contributed by atoms with E-state index in [2.05, 4.69) is 33.2 Å². The van der Waals surface area contributed by atoms with Gasteiger partial charge in [0.2, 0.25) is 11.8 Å². The van der Waals surface area contributed by atoms with E-state index in [1.165, 1.54) is 36.0 Å². The van der Waals surface area contributed by atoms with E-state index in [4.69, 9.17) is 4.74 Å². The number of aromatic nitrogens is 1. The maximum atomic E-state index is 13.8. The number of nitrogens with one attached hydrogen (secondary N) is 2. The zero-order valence-corrected chi connectivity index (χ0v) is 26.3. The van der Waals surface area contributed by atoms with Gasteiger partial charge >= 0.3 is 24.2 Å². The number of unbranched alkanes of at least 4 members (excludes halogenated alkanes) is 1. The van der Waals surface area contributed by atoms with Gasteiger partial charge in [0.25, 0.3) is 0 Å². The molecule has 2 aromatic heterocycles. The summed E-state index contributed by atoms with van der Waals surface area (Å²) < 4.78 is 46.5. The standard InChI is InChI=1S/C32H36F3N5O4S/c1-19(44-15-5-4-6-20-7-8-20)26(39-30(43)32(33,34)35)29(42)40-17-23-25(31(23,2)3)27(40)28(41)38-14-13-36-11-9-21-18-45-24-16-37-12-10-22(21)24/h10,12,16,18-20,23,25-27H,4-8,14-15,17H2,1-3H3,(H-,38,39,41,43)/p+1/t19-,23+,25+,26+,27+/m1/s1. The summed E-state index contributed by atoms with van der Waals surface area (Å²) in [4.78, 5) is 48.4. The number of carbonyl (C=O) groups excluding carboxylic acids is 3. The minimum atomic E-state index is -5.18. The van der Waals surface area contributed by atoms with Gasteiger partial charge in [-0.2, -0.15) is 13.2 Å². The van der Waals surface area contributed by atoms with E-state index in [9.17, 15) is 27.6 Å². The van der Waals surface area contributed by atoms with E-state index >= 15 is 0 Å². The molecule has 45 heavy (non-hydrogen) atoms. The number of thiophene rings is 1. The lowest BCUT2D eigenvalue weighted by atomic mass is 9.99. The third kappa shape index (κ3) is 7.59. The Morgan fingerprint density at radius 2 is 2.04 bits per heavy atom. The van der Waals surface area contributed by atoms with Crippen molar-refractivity contribution < 1.29 is 32.3 Å². The van der Waals surface area contributed by atoms with Gasteiger partial charge in [-0.1, -0.05) is 39.5 Å². The molecule has 3 aliphatic rings. The molecule has 3 heterocycles. The Labute approximate surface area is 264 Å². The first-order valence-electron chi connectivity index (χ1n) is 15.2. The Morgan fingerprint density at radius 3 is 2.78 bits per heavy atom. The number of fused-ring (bicyclic) bond motifs is 2. The van der Waals surface area contributed by atoms with Crippen molar-refractivity contribution in [1.82, 2.24) is 20.5 Å². The van der Waals surface area contributed by atoms with Crippen LogP contribution in [0.3, 0.4) is 0 Å². The smallest absolute Gasteiger partial charge is 0.376 e. The molecule has 2 saturated carbocycles. The number of carbonyl (C=O) groups is 3. The second kappa shape index (κ2) is 13.4. The lowest BCUT2D eigenvalue weighted by Crippen LogP contribution is -2.60. The van der Waals surface area contributed by atoms with Gasteiger partial charge in [0.1, 0.15) is 12.1 Å². The van der Waals surface area contributed by atoms with Crippen LogP contribution in [0, 0.1) is 41.2 Å². The van der Waals surface area contributed by atoms with E-state index < -0.39 is 42.1 Å². The fourth-order valence-electron chi connectivity index (χ4n) is 6.28. The number of likely N-dealkylation sites (tertiary alicyclic amines) is 1. The summed E-state index contributed by atoms with van der Waals surface area (Å²) in [5.41, 5.74) is 0.577. The third-order valence-electron chi connectivity index (χ3n) is 9.17. The van der Waals surface area contributed by atoms with Gasteiger partial charge in [0.15, 0.2) is 6.54 Å². The molecule has 0 aromatic carbocycles. The number of piperidine rings is 1. The number of amides is 3. The number of pyridine rings is 1. The first-order chi connectivity index (χ1) is 21.4. The Hall–Kier alpha value is -3.68.